The number of halogens is 2. The van der Waals surface area contributed by atoms with Gasteiger partial charge in [-0.25, -0.2) is 9.78 Å². The van der Waals surface area contributed by atoms with E-state index in [0.717, 1.165) is 0 Å². The third-order valence-electron chi connectivity index (χ3n) is 4.64. The Balaban J connectivity index is 2.05. The van der Waals surface area contributed by atoms with Gasteiger partial charge >= 0.3 is 5.97 Å². The smallest absolute Gasteiger partial charge is 0.326 e. The monoisotopic (exact) mass is 601 g/mol. The molecule has 6 N–H and O–H groups in total. The molecule has 0 fully saturated rings. The molecule has 0 spiro atoms. The number of carbonyl (C=O) groups is 4. The van der Waals surface area contributed by atoms with E-state index in [1.807, 2.05) is 13.8 Å². The first-order valence-electron chi connectivity index (χ1n) is 10.2. The van der Waals surface area contributed by atoms with Crippen molar-refractivity contribution in [2.24, 2.45) is 5.92 Å². The standard InChI is InChI=1S/C21H25Br2N5O6/c1-10(2)3-16(21(33)34)28-20(32)15(6-12-7-24-9-26-12)27-17(29)8-25-19(31)11-4-13(22)18(30)14(23)5-11/h4-5,7,9-10,15-16,30H,3,6,8H2,1-2H3,(H,24,26)(H,25,31)(H,27,29)(H,28,32)(H,33,34)/t15-,16-/m0/s1. The molecule has 0 aliphatic carbocycles. The van der Waals surface area contributed by atoms with Gasteiger partial charge in [-0.05, 0) is 56.3 Å². The Morgan fingerprint density at radius 1 is 1.09 bits per heavy atom. The number of benzene rings is 1. The molecule has 34 heavy (non-hydrogen) atoms. The average Bonchev–Trinajstić information content (AvgIpc) is 3.27. The second-order valence-electron chi connectivity index (χ2n) is 7.90. The molecular formula is C21H25Br2N5O6. The molecule has 0 radical (unpaired) electrons. The number of H-pyrrole nitrogens is 1. The molecule has 0 aliphatic rings. The van der Waals surface area contributed by atoms with Crippen molar-refractivity contribution in [2.45, 2.75) is 38.8 Å². The first-order valence-corrected chi connectivity index (χ1v) is 11.8. The quantitative estimate of drug-likeness (QED) is 0.227. The number of hydrogen-bond acceptors (Lipinski definition) is 6. The lowest BCUT2D eigenvalue weighted by atomic mass is 10.0. The van der Waals surface area contributed by atoms with Crippen LogP contribution in [0.5, 0.6) is 5.75 Å². The van der Waals surface area contributed by atoms with Gasteiger partial charge in [0.2, 0.25) is 11.8 Å². The van der Waals surface area contributed by atoms with Crippen LogP contribution in [0.2, 0.25) is 0 Å². The van der Waals surface area contributed by atoms with Crippen molar-refractivity contribution in [2.75, 3.05) is 6.54 Å². The Labute approximate surface area is 212 Å². The van der Waals surface area contributed by atoms with Crippen molar-refractivity contribution in [1.29, 1.82) is 0 Å². The first-order chi connectivity index (χ1) is 16.0. The Morgan fingerprint density at radius 3 is 2.26 bits per heavy atom. The van der Waals surface area contributed by atoms with Crippen molar-refractivity contribution >= 4 is 55.6 Å². The maximum atomic E-state index is 12.8. The topological polar surface area (TPSA) is 174 Å². The van der Waals surface area contributed by atoms with Crippen molar-refractivity contribution in [3.05, 3.63) is 44.9 Å². The van der Waals surface area contributed by atoms with Crippen molar-refractivity contribution in [3.8, 4) is 5.75 Å². The van der Waals surface area contributed by atoms with Gasteiger partial charge in [-0.2, -0.15) is 0 Å². The van der Waals surface area contributed by atoms with Crippen LogP contribution in [0.3, 0.4) is 0 Å². The van der Waals surface area contributed by atoms with Gasteiger partial charge in [0.05, 0.1) is 21.8 Å². The number of carboxylic acid groups (broad SMARTS) is 1. The van der Waals surface area contributed by atoms with Crippen molar-refractivity contribution < 1.29 is 29.4 Å². The van der Waals surface area contributed by atoms with E-state index in [0.29, 0.717) is 14.6 Å². The van der Waals surface area contributed by atoms with Crippen LogP contribution >= 0.6 is 31.9 Å². The number of nitrogens with one attached hydrogen (secondary N) is 4. The van der Waals surface area contributed by atoms with Gasteiger partial charge in [-0.3, -0.25) is 14.4 Å². The first kappa shape index (κ1) is 27.3. The number of rotatable bonds is 11. The van der Waals surface area contributed by atoms with E-state index < -0.39 is 42.3 Å². The fourth-order valence-electron chi connectivity index (χ4n) is 3.00. The Morgan fingerprint density at radius 2 is 1.74 bits per heavy atom. The Hall–Kier alpha value is -2.93. The summed E-state index contributed by atoms with van der Waals surface area (Å²) in [6.07, 6.45) is 3.16. The van der Waals surface area contributed by atoms with Crippen LogP contribution in [0.25, 0.3) is 0 Å². The SMILES string of the molecule is CC(C)C[C@H](NC(=O)[C@H](Cc1cnc[nH]1)NC(=O)CNC(=O)c1cc(Br)c(O)c(Br)c1)C(=O)O. The van der Waals surface area contributed by atoms with E-state index >= 15 is 0 Å². The second kappa shape index (κ2) is 12.5. The minimum absolute atomic E-state index is 0.0252. The van der Waals surface area contributed by atoms with Crippen LogP contribution in [0, 0.1) is 5.92 Å². The number of imidazole rings is 1. The number of aromatic hydroxyl groups is 1. The van der Waals surface area contributed by atoms with Crippen LogP contribution in [0.15, 0.2) is 33.6 Å². The van der Waals surface area contributed by atoms with E-state index in [1.165, 1.54) is 24.7 Å². The molecule has 1 aromatic carbocycles. The molecule has 2 aromatic rings. The fraction of sp³-hybridized carbons (Fsp3) is 0.381. The van der Waals surface area contributed by atoms with E-state index in [-0.39, 0.29) is 30.1 Å². The lowest BCUT2D eigenvalue weighted by Gasteiger charge is -2.22. The van der Waals surface area contributed by atoms with Crippen LogP contribution in [-0.4, -0.2) is 62.5 Å². The molecule has 1 aromatic heterocycles. The molecule has 0 bridgehead atoms. The highest BCUT2D eigenvalue weighted by Gasteiger charge is 2.28. The predicted molar refractivity (Wildman–Crippen MR) is 129 cm³/mol. The molecule has 0 saturated heterocycles. The third kappa shape index (κ3) is 8.13. The lowest BCUT2D eigenvalue weighted by molar-refractivity contribution is -0.142. The van der Waals surface area contributed by atoms with Gasteiger partial charge in [-0.1, -0.05) is 13.8 Å². The largest absolute Gasteiger partial charge is 0.506 e. The van der Waals surface area contributed by atoms with Gasteiger partial charge in [0.25, 0.3) is 5.91 Å². The summed E-state index contributed by atoms with van der Waals surface area (Å²) < 4.78 is 0.587. The molecule has 0 aliphatic heterocycles. The zero-order chi connectivity index (χ0) is 25.4. The van der Waals surface area contributed by atoms with E-state index in [1.54, 1.807) is 0 Å². The minimum Gasteiger partial charge on any atom is -0.506 e. The van der Waals surface area contributed by atoms with Crippen LogP contribution < -0.4 is 16.0 Å². The molecule has 1 heterocycles. The number of aliphatic carboxylic acids is 1. The van der Waals surface area contributed by atoms with Gasteiger partial charge in [0.1, 0.15) is 17.8 Å². The van der Waals surface area contributed by atoms with Gasteiger partial charge in [0, 0.05) is 23.9 Å². The van der Waals surface area contributed by atoms with Gasteiger partial charge < -0.3 is 31.1 Å². The van der Waals surface area contributed by atoms with Crippen LogP contribution in [0.4, 0.5) is 0 Å². The molecule has 3 amide bonds. The number of phenolic OH excluding ortho intramolecular Hbond substituents is 1. The summed E-state index contributed by atoms with van der Waals surface area (Å²) in [5.74, 6) is -3.12. The van der Waals surface area contributed by atoms with Crippen molar-refractivity contribution in [3.63, 3.8) is 0 Å². The molecule has 13 heteroatoms. The number of carboxylic acids is 1. The summed E-state index contributed by atoms with van der Waals surface area (Å²) in [6.45, 7) is 3.23. The summed E-state index contributed by atoms with van der Waals surface area (Å²) in [4.78, 5) is 56.0. The van der Waals surface area contributed by atoms with E-state index in [4.69, 9.17) is 0 Å². The number of amides is 3. The summed E-state index contributed by atoms with van der Waals surface area (Å²) in [7, 11) is 0. The maximum absolute atomic E-state index is 12.8. The molecular weight excluding hydrogens is 578 g/mol. The molecule has 11 nitrogen and oxygen atoms in total. The summed E-state index contributed by atoms with van der Waals surface area (Å²) >= 11 is 6.27. The fourth-order valence-corrected chi connectivity index (χ4v) is 4.18. The molecule has 184 valence electrons. The zero-order valence-corrected chi connectivity index (χ0v) is 21.6. The van der Waals surface area contributed by atoms with E-state index in [2.05, 4.69) is 57.8 Å². The summed E-state index contributed by atoms with van der Waals surface area (Å²) in [5, 5.41) is 26.6. The van der Waals surface area contributed by atoms with Crippen LogP contribution in [0.1, 0.15) is 36.3 Å². The van der Waals surface area contributed by atoms with Crippen LogP contribution in [-0.2, 0) is 20.8 Å². The lowest BCUT2D eigenvalue weighted by Crippen LogP contribution is -2.54. The molecule has 2 rings (SSSR count). The Kier molecular flexibility index (Phi) is 10.1. The minimum atomic E-state index is -1.17. The number of aromatic amines is 1. The highest BCUT2D eigenvalue weighted by Crippen LogP contribution is 2.33. The number of carbonyl (C=O) groups excluding carboxylic acids is 3. The Bertz CT molecular complexity index is 1020. The summed E-state index contributed by atoms with van der Waals surface area (Å²) in [6, 6.07) is 0.570. The number of nitrogens with zero attached hydrogens (tertiary/aromatic N) is 1. The van der Waals surface area contributed by atoms with Gasteiger partial charge in [-0.15, -0.1) is 0 Å². The molecule has 0 saturated carbocycles. The number of aromatic nitrogens is 2. The zero-order valence-electron chi connectivity index (χ0n) is 18.4. The van der Waals surface area contributed by atoms with E-state index in [9.17, 15) is 29.4 Å². The maximum Gasteiger partial charge on any atom is 0.326 e. The predicted octanol–water partition coefficient (Wildman–Crippen LogP) is 1.71. The van der Waals surface area contributed by atoms with Gasteiger partial charge in [0.15, 0.2) is 0 Å². The average molecular weight is 603 g/mol. The number of phenols is 1. The highest BCUT2D eigenvalue weighted by atomic mass is 79.9. The number of hydrogen-bond donors (Lipinski definition) is 6. The second-order valence-corrected chi connectivity index (χ2v) is 9.61. The molecule has 0 unspecified atom stereocenters. The summed E-state index contributed by atoms with van der Waals surface area (Å²) in [5.41, 5.74) is 0.744. The highest BCUT2D eigenvalue weighted by molar-refractivity contribution is 9.11. The van der Waals surface area contributed by atoms with Crippen molar-refractivity contribution in [1.82, 2.24) is 25.9 Å². The third-order valence-corrected chi connectivity index (χ3v) is 5.85. The normalized spacial score (nSPS) is 12.6. The molecule has 2 atom stereocenters.